The van der Waals surface area contributed by atoms with Crippen LogP contribution in [-0.4, -0.2) is 20.7 Å². The molecule has 2 heterocycles. The van der Waals surface area contributed by atoms with Gasteiger partial charge in [-0.15, -0.1) is 0 Å². The number of carbonyl (C=O) groups is 1. The van der Waals surface area contributed by atoms with Crippen LogP contribution in [0.25, 0.3) is 0 Å². The Kier molecular flexibility index (Phi) is 5.79. The van der Waals surface area contributed by atoms with Gasteiger partial charge in [-0.05, 0) is 43.5 Å². The summed E-state index contributed by atoms with van der Waals surface area (Å²) in [6, 6.07) is 14.0. The third-order valence-corrected chi connectivity index (χ3v) is 4.27. The van der Waals surface area contributed by atoms with Gasteiger partial charge >= 0.3 is 0 Å². The lowest BCUT2D eigenvalue weighted by Gasteiger charge is -2.19. The minimum absolute atomic E-state index is 0.000850. The van der Waals surface area contributed by atoms with E-state index in [1.54, 1.807) is 17.1 Å². The largest absolute Gasteiger partial charge is 0.347 e. The van der Waals surface area contributed by atoms with Crippen LogP contribution < -0.4 is 5.32 Å². The molecule has 5 heteroatoms. The third-order valence-electron chi connectivity index (χ3n) is 4.27. The van der Waals surface area contributed by atoms with E-state index in [0.717, 1.165) is 11.3 Å². The number of hydrogen-bond donors (Lipinski definition) is 1. The number of pyridine rings is 1. The number of aromatic nitrogens is 3. The Morgan fingerprint density at radius 3 is 2.58 bits per heavy atom. The molecule has 1 amide bonds. The van der Waals surface area contributed by atoms with Crippen LogP contribution in [0.1, 0.15) is 34.8 Å². The zero-order valence-corrected chi connectivity index (χ0v) is 15.2. The molecule has 0 spiro atoms. The summed E-state index contributed by atoms with van der Waals surface area (Å²) >= 11 is 0. The minimum atomic E-state index is -0.147. The lowest BCUT2D eigenvalue weighted by atomic mass is 10.0. The van der Waals surface area contributed by atoms with E-state index in [4.69, 9.17) is 0 Å². The number of benzene rings is 1. The molecule has 1 atom stereocenters. The number of aryl methyl sites for hydroxylation is 3. The molecule has 0 fully saturated rings. The molecule has 0 aliphatic rings. The van der Waals surface area contributed by atoms with Crippen molar-refractivity contribution in [3.8, 4) is 0 Å². The van der Waals surface area contributed by atoms with Gasteiger partial charge in [-0.2, -0.15) is 5.10 Å². The standard InChI is InChI=1S/C21H24N4O/c1-16-6-8-18(9-7-16)13-20(19-5-3-4-11-22-19)24-21(26)10-12-25-15-17(2)14-23-25/h3-9,11,14-15,20H,10,12-13H2,1-2H3,(H,24,26)/t20-/m0/s1. The maximum absolute atomic E-state index is 12.5. The van der Waals surface area contributed by atoms with E-state index in [1.165, 1.54) is 11.1 Å². The average Bonchev–Trinajstić information content (AvgIpc) is 3.07. The molecule has 0 bridgehead atoms. The van der Waals surface area contributed by atoms with Gasteiger partial charge in [-0.25, -0.2) is 0 Å². The lowest BCUT2D eigenvalue weighted by Crippen LogP contribution is -2.31. The summed E-state index contributed by atoms with van der Waals surface area (Å²) in [5.41, 5.74) is 4.36. The van der Waals surface area contributed by atoms with Gasteiger partial charge in [0.1, 0.15) is 0 Å². The Labute approximate surface area is 154 Å². The van der Waals surface area contributed by atoms with Crippen molar-refractivity contribution in [1.82, 2.24) is 20.1 Å². The average molecular weight is 348 g/mol. The number of rotatable bonds is 7. The monoisotopic (exact) mass is 348 g/mol. The molecule has 1 aromatic carbocycles. The summed E-state index contributed by atoms with van der Waals surface area (Å²) in [6.45, 7) is 4.63. The molecular formula is C21H24N4O. The van der Waals surface area contributed by atoms with Crippen molar-refractivity contribution in [2.45, 2.75) is 39.3 Å². The van der Waals surface area contributed by atoms with Crippen LogP contribution in [0.3, 0.4) is 0 Å². The molecule has 3 aromatic rings. The second kappa shape index (κ2) is 8.43. The predicted molar refractivity (Wildman–Crippen MR) is 102 cm³/mol. The topological polar surface area (TPSA) is 59.8 Å². The van der Waals surface area contributed by atoms with Crippen LogP contribution in [0.2, 0.25) is 0 Å². The molecule has 26 heavy (non-hydrogen) atoms. The van der Waals surface area contributed by atoms with E-state index in [9.17, 15) is 4.79 Å². The molecule has 0 saturated heterocycles. The molecule has 0 aliphatic heterocycles. The Balaban J connectivity index is 1.66. The van der Waals surface area contributed by atoms with Crippen molar-refractivity contribution in [3.63, 3.8) is 0 Å². The fourth-order valence-electron chi connectivity index (χ4n) is 2.84. The third kappa shape index (κ3) is 5.02. The molecule has 1 N–H and O–H groups in total. The number of nitrogens with one attached hydrogen (secondary N) is 1. The number of nitrogens with zero attached hydrogens (tertiary/aromatic N) is 3. The molecule has 0 aliphatic carbocycles. The summed E-state index contributed by atoms with van der Waals surface area (Å²) in [5, 5.41) is 7.36. The van der Waals surface area contributed by atoms with Gasteiger partial charge in [-0.1, -0.05) is 35.9 Å². The van der Waals surface area contributed by atoms with Crippen LogP contribution in [0.4, 0.5) is 0 Å². The Morgan fingerprint density at radius 2 is 1.92 bits per heavy atom. The van der Waals surface area contributed by atoms with Gasteiger partial charge in [0.25, 0.3) is 0 Å². The van der Waals surface area contributed by atoms with Gasteiger partial charge in [0.05, 0.1) is 17.9 Å². The molecule has 0 saturated carbocycles. The molecule has 5 nitrogen and oxygen atoms in total. The molecule has 0 radical (unpaired) electrons. The number of carbonyl (C=O) groups excluding carboxylic acids is 1. The van der Waals surface area contributed by atoms with Crippen LogP contribution in [-0.2, 0) is 17.8 Å². The highest BCUT2D eigenvalue weighted by molar-refractivity contribution is 5.76. The van der Waals surface area contributed by atoms with Gasteiger partial charge < -0.3 is 5.32 Å². The SMILES string of the molecule is Cc1ccc(C[C@H](NC(=O)CCn2cc(C)cn2)c2ccccn2)cc1. The molecule has 134 valence electrons. The molecule has 3 rings (SSSR count). The highest BCUT2D eigenvalue weighted by atomic mass is 16.1. The van der Waals surface area contributed by atoms with E-state index >= 15 is 0 Å². The Morgan fingerprint density at radius 1 is 1.12 bits per heavy atom. The normalized spacial score (nSPS) is 11.9. The first-order valence-corrected chi connectivity index (χ1v) is 8.85. The smallest absolute Gasteiger partial charge is 0.222 e. The minimum Gasteiger partial charge on any atom is -0.347 e. The Bertz CT molecular complexity index is 840. The first kappa shape index (κ1) is 17.9. The van der Waals surface area contributed by atoms with E-state index in [2.05, 4.69) is 46.6 Å². The van der Waals surface area contributed by atoms with E-state index in [1.807, 2.05) is 31.3 Å². The second-order valence-electron chi connectivity index (χ2n) is 6.60. The zero-order valence-electron chi connectivity index (χ0n) is 15.2. The van der Waals surface area contributed by atoms with Crippen molar-refractivity contribution in [2.75, 3.05) is 0 Å². The zero-order chi connectivity index (χ0) is 18.4. The first-order chi connectivity index (χ1) is 12.6. The van der Waals surface area contributed by atoms with Crippen LogP contribution in [0.15, 0.2) is 61.1 Å². The predicted octanol–water partition coefficient (Wildman–Crippen LogP) is 3.39. The maximum Gasteiger partial charge on any atom is 0.222 e. The van der Waals surface area contributed by atoms with Gasteiger partial charge in [0.15, 0.2) is 0 Å². The van der Waals surface area contributed by atoms with Crippen molar-refractivity contribution >= 4 is 5.91 Å². The van der Waals surface area contributed by atoms with E-state index in [0.29, 0.717) is 19.4 Å². The highest BCUT2D eigenvalue weighted by Crippen LogP contribution is 2.17. The van der Waals surface area contributed by atoms with Gasteiger partial charge in [-0.3, -0.25) is 14.5 Å². The highest BCUT2D eigenvalue weighted by Gasteiger charge is 2.16. The fraction of sp³-hybridized carbons (Fsp3) is 0.286. The summed E-state index contributed by atoms with van der Waals surface area (Å²) in [5.74, 6) is 0.000850. The second-order valence-corrected chi connectivity index (χ2v) is 6.60. The number of hydrogen-bond acceptors (Lipinski definition) is 3. The summed E-state index contributed by atoms with van der Waals surface area (Å²) in [7, 11) is 0. The lowest BCUT2D eigenvalue weighted by molar-refractivity contribution is -0.122. The van der Waals surface area contributed by atoms with E-state index < -0.39 is 0 Å². The quantitative estimate of drug-likeness (QED) is 0.712. The van der Waals surface area contributed by atoms with Crippen LogP contribution in [0, 0.1) is 13.8 Å². The fourth-order valence-corrected chi connectivity index (χ4v) is 2.84. The first-order valence-electron chi connectivity index (χ1n) is 8.85. The maximum atomic E-state index is 12.5. The van der Waals surface area contributed by atoms with Crippen LogP contribution >= 0.6 is 0 Å². The summed E-state index contributed by atoms with van der Waals surface area (Å²) in [6.07, 6.45) is 6.60. The summed E-state index contributed by atoms with van der Waals surface area (Å²) < 4.78 is 1.80. The van der Waals surface area contributed by atoms with Crippen molar-refractivity contribution < 1.29 is 4.79 Å². The Hall–Kier alpha value is -2.95. The van der Waals surface area contributed by atoms with Crippen molar-refractivity contribution in [2.24, 2.45) is 0 Å². The van der Waals surface area contributed by atoms with Crippen molar-refractivity contribution in [3.05, 3.63) is 83.4 Å². The van der Waals surface area contributed by atoms with Crippen molar-refractivity contribution in [1.29, 1.82) is 0 Å². The molecular weight excluding hydrogens is 324 g/mol. The summed E-state index contributed by atoms with van der Waals surface area (Å²) in [4.78, 5) is 16.9. The van der Waals surface area contributed by atoms with Gasteiger partial charge in [0, 0.05) is 25.4 Å². The molecule has 2 aromatic heterocycles. The van der Waals surface area contributed by atoms with E-state index in [-0.39, 0.29) is 11.9 Å². The van der Waals surface area contributed by atoms with Crippen LogP contribution in [0.5, 0.6) is 0 Å². The molecule has 0 unspecified atom stereocenters. The number of amides is 1. The van der Waals surface area contributed by atoms with Gasteiger partial charge in [0.2, 0.25) is 5.91 Å².